The van der Waals surface area contributed by atoms with E-state index in [-0.39, 0.29) is 0 Å². The quantitative estimate of drug-likeness (QED) is 0.752. The molecule has 0 aliphatic heterocycles. The summed E-state index contributed by atoms with van der Waals surface area (Å²) in [6.45, 7) is 2.18. The summed E-state index contributed by atoms with van der Waals surface area (Å²) in [6, 6.07) is 0. The van der Waals surface area contributed by atoms with Crippen LogP contribution in [0.3, 0.4) is 0 Å². The number of carbonyl (C=O) groups is 1. The zero-order valence-electron chi connectivity index (χ0n) is 10.6. The van der Waals surface area contributed by atoms with Crippen LogP contribution in [-0.4, -0.2) is 18.4 Å². The Morgan fingerprint density at radius 2 is 2.12 bits per heavy atom. The Kier molecular flexibility index (Phi) is 4.40. The van der Waals surface area contributed by atoms with Crippen LogP contribution in [0, 0.1) is 11.8 Å². The monoisotopic (exact) mass is 238 g/mol. The Bertz CT molecular complexity index is 302. The Morgan fingerprint density at radius 3 is 2.88 bits per heavy atom. The van der Waals surface area contributed by atoms with E-state index in [0.717, 1.165) is 30.4 Å². The molecule has 17 heavy (non-hydrogen) atoms. The molecule has 2 aliphatic rings. The van der Waals surface area contributed by atoms with Crippen molar-refractivity contribution in [2.75, 3.05) is 6.61 Å². The van der Waals surface area contributed by atoms with Gasteiger partial charge in [0.05, 0.1) is 6.61 Å². The maximum absolute atomic E-state index is 11.1. The van der Waals surface area contributed by atoms with E-state index in [4.69, 9.17) is 4.74 Å². The molecule has 0 spiro atoms. The topological polar surface area (TPSA) is 50.7 Å². The third kappa shape index (κ3) is 3.45. The zero-order valence-corrected chi connectivity index (χ0v) is 10.6. The summed E-state index contributed by atoms with van der Waals surface area (Å²) in [6.07, 6.45) is 8.39. The third-order valence-corrected chi connectivity index (χ3v) is 3.95. The fourth-order valence-electron chi connectivity index (χ4n) is 3.08. The summed E-state index contributed by atoms with van der Waals surface area (Å²) in [5.41, 5.74) is 3.62. The fraction of sp³-hybridized carbons (Fsp3) is 0.846. The molecule has 0 aromatic rings. The first kappa shape index (κ1) is 12.4. The van der Waals surface area contributed by atoms with Gasteiger partial charge in [-0.05, 0) is 44.4 Å². The number of nitrogens with one attached hydrogen (secondary N) is 1. The molecule has 0 aromatic heterocycles. The van der Waals surface area contributed by atoms with Gasteiger partial charge in [0, 0.05) is 5.71 Å². The lowest BCUT2D eigenvalue weighted by Gasteiger charge is -2.35. The lowest BCUT2D eigenvalue weighted by Crippen LogP contribution is -2.29. The van der Waals surface area contributed by atoms with Gasteiger partial charge in [0.25, 0.3) is 0 Å². The van der Waals surface area contributed by atoms with Gasteiger partial charge in [-0.15, -0.1) is 0 Å². The number of ether oxygens (including phenoxy) is 1. The highest BCUT2D eigenvalue weighted by Gasteiger charge is 2.30. The first-order valence-corrected chi connectivity index (χ1v) is 6.77. The number of fused-ring (bicyclic) bond motifs is 1. The van der Waals surface area contributed by atoms with Gasteiger partial charge in [-0.1, -0.05) is 19.3 Å². The van der Waals surface area contributed by atoms with Crippen LogP contribution >= 0.6 is 0 Å². The molecule has 2 rings (SSSR count). The van der Waals surface area contributed by atoms with Crippen LogP contribution in [0.5, 0.6) is 0 Å². The molecule has 96 valence electrons. The zero-order chi connectivity index (χ0) is 12.1. The standard InChI is InChI=1S/C13H22N2O2/c1-2-17-13(16)15-14-12-8-7-10-5-3-4-6-11(10)9-12/h10-11H,2-9H2,1H3,(H,15,16)/b14-12-/t10-,11+/m0/s1. The van der Waals surface area contributed by atoms with Crippen molar-refractivity contribution in [1.29, 1.82) is 0 Å². The molecule has 0 radical (unpaired) electrons. The summed E-state index contributed by atoms with van der Waals surface area (Å²) >= 11 is 0. The summed E-state index contributed by atoms with van der Waals surface area (Å²) in [7, 11) is 0. The van der Waals surface area contributed by atoms with Crippen molar-refractivity contribution in [2.45, 2.75) is 51.9 Å². The van der Waals surface area contributed by atoms with Crippen LogP contribution in [0.25, 0.3) is 0 Å². The second-order valence-electron chi connectivity index (χ2n) is 5.06. The van der Waals surface area contributed by atoms with E-state index in [1.807, 2.05) is 0 Å². The van der Waals surface area contributed by atoms with Gasteiger partial charge < -0.3 is 4.74 Å². The molecule has 0 bridgehead atoms. The molecule has 0 heterocycles. The molecule has 0 unspecified atom stereocenters. The van der Waals surface area contributed by atoms with Crippen LogP contribution in [0.1, 0.15) is 51.9 Å². The molecule has 0 saturated heterocycles. The van der Waals surface area contributed by atoms with Crippen molar-refractivity contribution < 1.29 is 9.53 Å². The minimum absolute atomic E-state index is 0.390. The molecule has 2 atom stereocenters. The molecule has 4 nitrogen and oxygen atoms in total. The second kappa shape index (κ2) is 6.03. The van der Waals surface area contributed by atoms with Crippen LogP contribution in [0.2, 0.25) is 0 Å². The molecule has 4 heteroatoms. The number of nitrogens with zero attached hydrogens (tertiary/aromatic N) is 1. The molecular formula is C13H22N2O2. The number of hydrogen-bond donors (Lipinski definition) is 1. The highest BCUT2D eigenvalue weighted by atomic mass is 16.5. The smallest absolute Gasteiger partial charge is 0.427 e. The average Bonchev–Trinajstić information content (AvgIpc) is 2.36. The summed E-state index contributed by atoms with van der Waals surface area (Å²) in [5, 5.41) is 4.18. The maximum atomic E-state index is 11.1. The Balaban J connectivity index is 1.82. The highest BCUT2D eigenvalue weighted by molar-refractivity contribution is 5.86. The minimum atomic E-state index is -0.439. The number of amides is 1. The van der Waals surface area contributed by atoms with Gasteiger partial charge in [-0.25, -0.2) is 10.2 Å². The fourth-order valence-corrected chi connectivity index (χ4v) is 3.08. The first-order chi connectivity index (χ1) is 8.29. The summed E-state index contributed by atoms with van der Waals surface area (Å²) in [4.78, 5) is 11.1. The Morgan fingerprint density at radius 1 is 1.35 bits per heavy atom. The predicted molar refractivity (Wildman–Crippen MR) is 66.9 cm³/mol. The van der Waals surface area contributed by atoms with Gasteiger partial charge in [-0.2, -0.15) is 5.10 Å². The normalized spacial score (nSPS) is 30.8. The second-order valence-corrected chi connectivity index (χ2v) is 5.06. The molecule has 2 fully saturated rings. The minimum Gasteiger partial charge on any atom is -0.449 e. The summed E-state index contributed by atoms with van der Waals surface area (Å²) in [5.74, 6) is 1.71. The molecule has 2 saturated carbocycles. The molecular weight excluding hydrogens is 216 g/mol. The van der Waals surface area contributed by atoms with E-state index in [2.05, 4.69) is 10.5 Å². The van der Waals surface area contributed by atoms with Crippen LogP contribution in [0.4, 0.5) is 4.79 Å². The Labute approximate surface area is 103 Å². The van der Waals surface area contributed by atoms with Gasteiger partial charge in [0.1, 0.15) is 0 Å². The van der Waals surface area contributed by atoms with E-state index >= 15 is 0 Å². The average molecular weight is 238 g/mol. The van der Waals surface area contributed by atoms with Gasteiger partial charge >= 0.3 is 6.09 Å². The van der Waals surface area contributed by atoms with Gasteiger partial charge in [0.2, 0.25) is 0 Å². The van der Waals surface area contributed by atoms with E-state index in [9.17, 15) is 4.79 Å². The molecule has 0 aromatic carbocycles. The number of rotatable bonds is 2. The van der Waals surface area contributed by atoms with E-state index < -0.39 is 6.09 Å². The van der Waals surface area contributed by atoms with Crippen molar-refractivity contribution >= 4 is 11.8 Å². The predicted octanol–water partition coefficient (Wildman–Crippen LogP) is 3.08. The SMILES string of the molecule is CCOC(=O)N/N=C1/CC[C@@H]2CCCC[C@@H]2C1. The molecule has 2 aliphatic carbocycles. The van der Waals surface area contributed by atoms with Crippen molar-refractivity contribution in [3.8, 4) is 0 Å². The third-order valence-electron chi connectivity index (χ3n) is 3.95. The van der Waals surface area contributed by atoms with Crippen molar-refractivity contribution in [3.63, 3.8) is 0 Å². The maximum Gasteiger partial charge on any atom is 0.427 e. The number of hydrogen-bond acceptors (Lipinski definition) is 3. The molecule has 1 amide bonds. The Hall–Kier alpha value is -1.06. The number of carbonyl (C=O) groups excluding carboxylic acids is 1. The largest absolute Gasteiger partial charge is 0.449 e. The first-order valence-electron chi connectivity index (χ1n) is 6.77. The van der Waals surface area contributed by atoms with Crippen molar-refractivity contribution in [1.82, 2.24) is 5.43 Å². The van der Waals surface area contributed by atoms with Gasteiger partial charge in [0.15, 0.2) is 0 Å². The van der Waals surface area contributed by atoms with E-state index in [0.29, 0.717) is 6.61 Å². The number of hydrazone groups is 1. The van der Waals surface area contributed by atoms with Crippen molar-refractivity contribution in [2.24, 2.45) is 16.9 Å². The van der Waals surface area contributed by atoms with Crippen molar-refractivity contribution in [3.05, 3.63) is 0 Å². The van der Waals surface area contributed by atoms with Crippen LogP contribution in [-0.2, 0) is 4.74 Å². The van der Waals surface area contributed by atoms with Crippen LogP contribution in [0.15, 0.2) is 5.10 Å². The lowest BCUT2D eigenvalue weighted by atomic mass is 9.70. The van der Waals surface area contributed by atoms with E-state index in [1.54, 1.807) is 6.92 Å². The van der Waals surface area contributed by atoms with Gasteiger partial charge in [-0.3, -0.25) is 0 Å². The van der Waals surface area contributed by atoms with Crippen LogP contribution < -0.4 is 5.43 Å². The van der Waals surface area contributed by atoms with E-state index in [1.165, 1.54) is 32.1 Å². The molecule has 1 N–H and O–H groups in total. The highest BCUT2D eigenvalue weighted by Crippen LogP contribution is 2.39. The lowest BCUT2D eigenvalue weighted by molar-refractivity contribution is 0.152. The summed E-state index contributed by atoms with van der Waals surface area (Å²) < 4.78 is 4.78.